The highest BCUT2D eigenvalue weighted by molar-refractivity contribution is 9.11. The van der Waals surface area contributed by atoms with E-state index in [1.54, 1.807) is 0 Å². The van der Waals surface area contributed by atoms with Gasteiger partial charge in [0.15, 0.2) is 0 Å². The zero-order chi connectivity index (χ0) is 14.5. The molecule has 2 aromatic rings. The first-order chi connectivity index (χ1) is 9.63. The number of hydrogen-bond donors (Lipinski definition) is 1. The molecule has 0 fully saturated rings. The van der Waals surface area contributed by atoms with Crippen LogP contribution in [0.1, 0.15) is 36.9 Å². The van der Waals surface area contributed by atoms with E-state index in [-0.39, 0.29) is 6.04 Å². The van der Waals surface area contributed by atoms with E-state index in [9.17, 15) is 0 Å². The predicted molar refractivity (Wildman–Crippen MR) is 93.1 cm³/mol. The minimum atomic E-state index is 0.286. The first-order valence-corrected chi connectivity index (χ1v) is 8.45. The topological polar surface area (TPSA) is 12.0 Å². The molecule has 20 heavy (non-hydrogen) atoms. The Hall–Kier alpha value is -0.640. The Morgan fingerprint density at radius 2 is 1.75 bits per heavy atom. The van der Waals surface area contributed by atoms with Gasteiger partial charge in [-0.2, -0.15) is 0 Å². The van der Waals surface area contributed by atoms with Crippen molar-refractivity contribution in [3.05, 3.63) is 68.6 Å². The van der Waals surface area contributed by atoms with Crippen molar-refractivity contribution in [2.45, 2.75) is 25.8 Å². The maximum atomic E-state index is 3.68. The summed E-state index contributed by atoms with van der Waals surface area (Å²) >= 11 is 7.25. The van der Waals surface area contributed by atoms with Gasteiger partial charge in [-0.15, -0.1) is 0 Å². The van der Waals surface area contributed by atoms with Gasteiger partial charge in [0.1, 0.15) is 0 Å². The predicted octanol–water partition coefficient (Wildman–Crippen LogP) is 5.67. The molecule has 0 radical (unpaired) electrons. The summed E-state index contributed by atoms with van der Waals surface area (Å²) in [6.45, 7) is 5.37. The zero-order valence-electron chi connectivity index (χ0n) is 11.7. The fourth-order valence-corrected chi connectivity index (χ4v) is 3.35. The largest absolute Gasteiger partial charge is 0.310 e. The van der Waals surface area contributed by atoms with Gasteiger partial charge in [0, 0.05) is 20.9 Å². The molecule has 1 N–H and O–H groups in total. The molecule has 2 unspecified atom stereocenters. The molecule has 0 bridgehead atoms. The number of benzene rings is 2. The minimum absolute atomic E-state index is 0.286. The summed E-state index contributed by atoms with van der Waals surface area (Å²) in [5.74, 6) is 0.404. The molecule has 106 valence electrons. The van der Waals surface area contributed by atoms with Crippen LogP contribution in [0.2, 0.25) is 0 Å². The van der Waals surface area contributed by atoms with Crippen molar-refractivity contribution in [2.24, 2.45) is 0 Å². The van der Waals surface area contributed by atoms with Crippen LogP contribution in [0.25, 0.3) is 0 Å². The van der Waals surface area contributed by atoms with Gasteiger partial charge in [-0.1, -0.05) is 76.0 Å². The summed E-state index contributed by atoms with van der Waals surface area (Å²) in [7, 11) is 0. The third-order valence-electron chi connectivity index (χ3n) is 3.54. The smallest absolute Gasteiger partial charge is 0.0398 e. The molecular weight excluding hydrogens is 378 g/mol. The molecule has 0 aliphatic heterocycles. The van der Waals surface area contributed by atoms with E-state index in [1.807, 2.05) is 0 Å². The number of halogens is 2. The van der Waals surface area contributed by atoms with Crippen LogP contribution in [-0.4, -0.2) is 6.54 Å². The fourth-order valence-electron chi connectivity index (χ4n) is 2.48. The van der Waals surface area contributed by atoms with Crippen LogP contribution < -0.4 is 5.32 Å². The molecule has 0 aliphatic carbocycles. The van der Waals surface area contributed by atoms with Gasteiger partial charge in [0.05, 0.1) is 0 Å². The summed E-state index contributed by atoms with van der Waals surface area (Å²) in [5.41, 5.74) is 2.64. The summed E-state index contributed by atoms with van der Waals surface area (Å²) in [6, 6.07) is 17.3. The maximum Gasteiger partial charge on any atom is 0.0398 e. The van der Waals surface area contributed by atoms with Crippen molar-refractivity contribution in [1.29, 1.82) is 0 Å². The Labute approximate surface area is 138 Å². The van der Waals surface area contributed by atoms with Crippen LogP contribution in [0.5, 0.6) is 0 Å². The molecule has 0 amide bonds. The lowest BCUT2D eigenvalue weighted by Gasteiger charge is -2.27. The van der Waals surface area contributed by atoms with E-state index >= 15 is 0 Å². The third-order valence-corrected chi connectivity index (χ3v) is 4.76. The van der Waals surface area contributed by atoms with Gasteiger partial charge in [-0.05, 0) is 35.9 Å². The molecule has 0 aromatic heterocycles. The summed E-state index contributed by atoms with van der Waals surface area (Å²) in [4.78, 5) is 0. The van der Waals surface area contributed by atoms with Crippen LogP contribution in [-0.2, 0) is 0 Å². The van der Waals surface area contributed by atoms with E-state index in [1.165, 1.54) is 11.1 Å². The molecule has 0 saturated carbocycles. The van der Waals surface area contributed by atoms with Crippen LogP contribution in [0.15, 0.2) is 57.5 Å². The van der Waals surface area contributed by atoms with Crippen molar-refractivity contribution >= 4 is 31.9 Å². The SMILES string of the molecule is CCNC(c1cc(Br)ccc1Br)C(C)c1ccccc1. The highest BCUT2D eigenvalue weighted by atomic mass is 79.9. The Balaban J connectivity index is 2.38. The van der Waals surface area contributed by atoms with E-state index in [0.29, 0.717) is 5.92 Å². The fraction of sp³-hybridized carbons (Fsp3) is 0.294. The van der Waals surface area contributed by atoms with E-state index in [4.69, 9.17) is 0 Å². The second kappa shape index (κ2) is 7.39. The average Bonchev–Trinajstić information content (AvgIpc) is 2.48. The van der Waals surface area contributed by atoms with Crippen LogP contribution in [0, 0.1) is 0 Å². The lowest BCUT2D eigenvalue weighted by atomic mass is 9.88. The van der Waals surface area contributed by atoms with Crippen molar-refractivity contribution < 1.29 is 0 Å². The maximum absolute atomic E-state index is 3.68. The summed E-state index contributed by atoms with van der Waals surface area (Å²) in [6.07, 6.45) is 0. The second-order valence-corrected chi connectivity index (χ2v) is 6.67. The number of hydrogen-bond acceptors (Lipinski definition) is 1. The van der Waals surface area contributed by atoms with Gasteiger partial charge in [-0.25, -0.2) is 0 Å². The third kappa shape index (κ3) is 3.72. The zero-order valence-corrected chi connectivity index (χ0v) is 14.9. The number of likely N-dealkylation sites (N-methyl/N-ethyl adjacent to an activating group) is 1. The molecule has 0 spiro atoms. The molecule has 0 heterocycles. The minimum Gasteiger partial charge on any atom is -0.310 e. The van der Waals surface area contributed by atoms with Gasteiger partial charge >= 0.3 is 0 Å². The molecule has 2 atom stereocenters. The van der Waals surface area contributed by atoms with Crippen molar-refractivity contribution in [2.75, 3.05) is 6.54 Å². The van der Waals surface area contributed by atoms with Crippen LogP contribution >= 0.6 is 31.9 Å². The Morgan fingerprint density at radius 1 is 1.05 bits per heavy atom. The molecule has 2 aromatic carbocycles. The first-order valence-electron chi connectivity index (χ1n) is 6.86. The van der Waals surface area contributed by atoms with Crippen molar-refractivity contribution in [3.63, 3.8) is 0 Å². The van der Waals surface area contributed by atoms with E-state index < -0.39 is 0 Å². The van der Waals surface area contributed by atoms with Gasteiger partial charge in [0.2, 0.25) is 0 Å². The second-order valence-electron chi connectivity index (χ2n) is 4.90. The lowest BCUT2D eigenvalue weighted by molar-refractivity contribution is 0.477. The number of rotatable bonds is 5. The Kier molecular flexibility index (Phi) is 5.82. The Morgan fingerprint density at radius 3 is 2.40 bits per heavy atom. The highest BCUT2D eigenvalue weighted by Gasteiger charge is 2.22. The molecule has 0 saturated heterocycles. The lowest BCUT2D eigenvalue weighted by Crippen LogP contribution is -2.26. The monoisotopic (exact) mass is 395 g/mol. The van der Waals surface area contributed by atoms with E-state index in [0.717, 1.165) is 15.5 Å². The normalized spacial score (nSPS) is 14.0. The van der Waals surface area contributed by atoms with Crippen LogP contribution in [0.4, 0.5) is 0 Å². The Bertz CT molecular complexity index is 554. The molecule has 0 aliphatic rings. The van der Waals surface area contributed by atoms with Gasteiger partial charge < -0.3 is 5.32 Å². The summed E-state index contributed by atoms with van der Waals surface area (Å²) in [5, 5.41) is 3.61. The molecular formula is C17H19Br2N. The quantitative estimate of drug-likeness (QED) is 0.686. The first kappa shape index (κ1) is 15.7. The number of nitrogens with one attached hydrogen (secondary N) is 1. The van der Waals surface area contributed by atoms with Crippen molar-refractivity contribution in [1.82, 2.24) is 5.32 Å². The van der Waals surface area contributed by atoms with E-state index in [2.05, 4.69) is 99.6 Å². The summed E-state index contributed by atoms with van der Waals surface area (Å²) < 4.78 is 2.26. The van der Waals surface area contributed by atoms with Crippen LogP contribution in [0.3, 0.4) is 0 Å². The highest BCUT2D eigenvalue weighted by Crippen LogP contribution is 2.35. The van der Waals surface area contributed by atoms with Gasteiger partial charge in [0.25, 0.3) is 0 Å². The standard InChI is InChI=1S/C17H19Br2N/c1-3-20-17(12(2)13-7-5-4-6-8-13)15-11-14(18)9-10-16(15)19/h4-12,17,20H,3H2,1-2H3. The van der Waals surface area contributed by atoms with Gasteiger partial charge in [-0.3, -0.25) is 0 Å². The molecule has 3 heteroatoms. The molecule has 2 rings (SSSR count). The van der Waals surface area contributed by atoms with Crippen molar-refractivity contribution in [3.8, 4) is 0 Å². The average molecular weight is 397 g/mol. The molecule has 1 nitrogen and oxygen atoms in total.